The second-order valence-corrected chi connectivity index (χ2v) is 3.96. The summed E-state index contributed by atoms with van der Waals surface area (Å²) in [5.41, 5.74) is -0.881. The molecule has 0 unspecified atom stereocenters. The zero-order chi connectivity index (χ0) is 10.9. The van der Waals surface area contributed by atoms with Crippen molar-refractivity contribution in [3.05, 3.63) is 30.7 Å². The first-order valence-corrected chi connectivity index (χ1v) is 4.86. The molecule has 1 aromatic rings. The van der Waals surface area contributed by atoms with E-state index in [2.05, 4.69) is 31.9 Å². The number of hydrogen-bond acceptors (Lipinski definition) is 4. The van der Waals surface area contributed by atoms with Crippen LogP contribution < -0.4 is 5.11 Å². The van der Waals surface area contributed by atoms with Crippen LogP contribution in [0.1, 0.15) is 10.4 Å². The summed E-state index contributed by atoms with van der Waals surface area (Å²) in [6, 6.07) is 1.23. The largest absolute Gasteiger partial charge is 0.867 e. The van der Waals surface area contributed by atoms with Crippen LogP contribution in [0.2, 0.25) is 0 Å². The molecule has 0 amide bonds. The Balaban J connectivity index is 3.61. The van der Waals surface area contributed by atoms with Crippen molar-refractivity contribution < 1.29 is 14.8 Å². The molecule has 5 nitrogen and oxygen atoms in total. The van der Waals surface area contributed by atoms with Gasteiger partial charge in [0.05, 0.1) is 4.92 Å². The predicted molar refractivity (Wildman–Crippen MR) is 53.3 cm³/mol. The van der Waals surface area contributed by atoms with Gasteiger partial charge in [0.15, 0.2) is 0 Å². The number of carbonyl (C=O) groups excluding carboxylic acids is 1. The van der Waals surface area contributed by atoms with Crippen LogP contribution in [0, 0.1) is 10.1 Å². The van der Waals surface area contributed by atoms with Crippen LogP contribution in [0.4, 0.5) is 5.69 Å². The summed E-state index contributed by atoms with van der Waals surface area (Å²) in [6.45, 7) is 0. The van der Waals surface area contributed by atoms with Gasteiger partial charge in [-0.2, -0.15) is 0 Å². The molecular formula is C7H2Br2NO4-. The molecule has 0 aromatic heterocycles. The quantitative estimate of drug-likeness (QED) is 0.473. The molecule has 0 saturated carbocycles. The Morgan fingerprint density at radius 2 is 2.00 bits per heavy atom. The minimum Gasteiger partial charge on any atom is -0.867 e. The average molecular weight is 324 g/mol. The number of nitro groups is 1. The van der Waals surface area contributed by atoms with Crippen LogP contribution in [-0.2, 0) is 0 Å². The fraction of sp³-hybridized carbons (Fsp3) is 0. The summed E-state index contributed by atoms with van der Waals surface area (Å²) in [5, 5.41) is 21.8. The van der Waals surface area contributed by atoms with Gasteiger partial charge in [-0.3, -0.25) is 14.9 Å². The van der Waals surface area contributed by atoms with Crippen LogP contribution in [0.3, 0.4) is 0 Å². The lowest BCUT2D eigenvalue weighted by atomic mass is 10.2. The van der Waals surface area contributed by atoms with Crippen LogP contribution >= 0.6 is 31.9 Å². The van der Waals surface area contributed by atoms with Crippen molar-refractivity contribution in [2.45, 2.75) is 0 Å². The molecule has 0 spiro atoms. The summed E-state index contributed by atoms with van der Waals surface area (Å²) in [5.74, 6) is -0.889. The fourth-order valence-corrected chi connectivity index (χ4v) is 1.74. The smallest absolute Gasteiger partial charge is 0.277 e. The van der Waals surface area contributed by atoms with E-state index in [1.165, 1.54) is 6.07 Å². The third-order valence-electron chi connectivity index (χ3n) is 1.49. The fourth-order valence-electron chi connectivity index (χ4n) is 0.866. The molecule has 0 radical (unpaired) electrons. The van der Waals surface area contributed by atoms with Gasteiger partial charge in [-0.25, -0.2) is 0 Å². The van der Waals surface area contributed by atoms with E-state index in [4.69, 9.17) is 0 Å². The number of carbonyl (C=O) groups is 1. The first kappa shape index (κ1) is 11.1. The molecule has 1 rings (SSSR count). The lowest BCUT2D eigenvalue weighted by Crippen LogP contribution is -2.03. The van der Waals surface area contributed by atoms with E-state index < -0.39 is 16.4 Å². The molecule has 0 N–H and O–H groups in total. The van der Waals surface area contributed by atoms with E-state index in [0.29, 0.717) is 4.47 Å². The van der Waals surface area contributed by atoms with E-state index in [0.717, 1.165) is 0 Å². The van der Waals surface area contributed by atoms with Gasteiger partial charge in [-0.15, -0.1) is 0 Å². The molecule has 0 aliphatic carbocycles. The maximum atomic E-state index is 11.3. The second-order valence-electron chi connectivity index (χ2n) is 2.31. The van der Waals surface area contributed by atoms with Crippen molar-refractivity contribution in [2.24, 2.45) is 0 Å². The SMILES string of the molecule is O=Cc1cc(Br)c(Br)c([N+](=O)[O-])c1[O-]. The van der Waals surface area contributed by atoms with Crippen molar-refractivity contribution in [2.75, 3.05) is 0 Å². The van der Waals surface area contributed by atoms with Crippen LogP contribution in [-0.4, -0.2) is 11.2 Å². The Hall–Kier alpha value is -0.950. The molecule has 0 saturated heterocycles. The van der Waals surface area contributed by atoms with Crippen molar-refractivity contribution in [3.8, 4) is 5.75 Å². The number of benzene rings is 1. The summed E-state index contributed by atoms with van der Waals surface area (Å²) in [6.07, 6.45) is 0.284. The van der Waals surface area contributed by atoms with Crippen molar-refractivity contribution >= 4 is 43.8 Å². The molecule has 0 heterocycles. The normalized spacial score (nSPS) is 9.86. The zero-order valence-corrected chi connectivity index (χ0v) is 9.66. The average Bonchev–Trinajstić information content (AvgIpc) is 2.11. The maximum absolute atomic E-state index is 11.3. The van der Waals surface area contributed by atoms with E-state index in [1.807, 2.05) is 0 Å². The molecule has 1 aromatic carbocycles. The molecular weight excluding hydrogens is 322 g/mol. The van der Waals surface area contributed by atoms with E-state index >= 15 is 0 Å². The summed E-state index contributed by atoms with van der Waals surface area (Å²) < 4.78 is 0.337. The Labute approximate surface area is 95.1 Å². The summed E-state index contributed by atoms with van der Waals surface area (Å²) in [7, 11) is 0. The summed E-state index contributed by atoms with van der Waals surface area (Å²) >= 11 is 5.88. The molecule has 0 bridgehead atoms. The first-order chi connectivity index (χ1) is 6.49. The monoisotopic (exact) mass is 322 g/mol. The van der Waals surface area contributed by atoms with E-state index in [-0.39, 0.29) is 16.3 Å². The number of nitro benzene ring substituents is 1. The second kappa shape index (κ2) is 4.05. The zero-order valence-electron chi connectivity index (χ0n) is 6.49. The standard InChI is InChI=1S/C7H3Br2NO4/c8-4-1-3(2-11)7(12)6(5(4)9)10(13)14/h1-2,12H/p-1. The van der Waals surface area contributed by atoms with Crippen molar-refractivity contribution in [3.63, 3.8) is 0 Å². The van der Waals surface area contributed by atoms with Gasteiger partial charge in [-0.1, -0.05) is 0 Å². The lowest BCUT2D eigenvalue weighted by molar-refractivity contribution is -0.399. The topological polar surface area (TPSA) is 83.3 Å². The number of aldehydes is 1. The number of nitrogens with zero attached hydrogens (tertiary/aromatic N) is 1. The summed E-state index contributed by atoms with van der Waals surface area (Å²) in [4.78, 5) is 20.1. The van der Waals surface area contributed by atoms with Crippen LogP contribution in [0.5, 0.6) is 5.75 Å². The Bertz CT molecular complexity index is 419. The molecule has 0 atom stereocenters. The third-order valence-corrected chi connectivity index (χ3v) is 3.45. The highest BCUT2D eigenvalue weighted by molar-refractivity contribution is 9.13. The van der Waals surface area contributed by atoms with Gasteiger partial charge < -0.3 is 5.11 Å². The molecule has 74 valence electrons. The van der Waals surface area contributed by atoms with Crippen LogP contribution in [0.15, 0.2) is 15.0 Å². The van der Waals surface area contributed by atoms with Gasteiger partial charge in [0.1, 0.15) is 10.8 Å². The minimum atomic E-state index is -0.889. The Morgan fingerprint density at radius 1 is 1.43 bits per heavy atom. The van der Waals surface area contributed by atoms with E-state index in [1.54, 1.807) is 0 Å². The van der Waals surface area contributed by atoms with Gasteiger partial charge in [0.2, 0.25) is 0 Å². The number of rotatable bonds is 2. The number of halogens is 2. The predicted octanol–water partition coefficient (Wildman–Crippen LogP) is 2.01. The first-order valence-electron chi connectivity index (χ1n) is 3.27. The Morgan fingerprint density at radius 3 is 2.43 bits per heavy atom. The molecule has 0 fully saturated rings. The highest BCUT2D eigenvalue weighted by Crippen LogP contribution is 2.39. The van der Waals surface area contributed by atoms with Crippen LogP contribution in [0.25, 0.3) is 0 Å². The highest BCUT2D eigenvalue weighted by atomic mass is 79.9. The van der Waals surface area contributed by atoms with Crippen molar-refractivity contribution in [1.29, 1.82) is 0 Å². The molecule has 7 heteroatoms. The molecule has 0 aliphatic heterocycles. The van der Waals surface area contributed by atoms with Gasteiger partial charge in [-0.05, 0) is 43.7 Å². The van der Waals surface area contributed by atoms with E-state index in [9.17, 15) is 20.0 Å². The maximum Gasteiger partial charge on any atom is 0.277 e. The molecule has 14 heavy (non-hydrogen) atoms. The van der Waals surface area contributed by atoms with Gasteiger partial charge >= 0.3 is 0 Å². The van der Waals surface area contributed by atoms with Crippen molar-refractivity contribution in [1.82, 2.24) is 0 Å². The van der Waals surface area contributed by atoms with Gasteiger partial charge in [0, 0.05) is 10.0 Å². The highest BCUT2D eigenvalue weighted by Gasteiger charge is 2.18. The van der Waals surface area contributed by atoms with Gasteiger partial charge in [0.25, 0.3) is 5.69 Å². The Kier molecular flexibility index (Phi) is 3.22. The minimum absolute atomic E-state index is 0.0399. The third kappa shape index (κ3) is 1.78. The molecule has 0 aliphatic rings. The lowest BCUT2D eigenvalue weighted by Gasteiger charge is -2.11. The number of hydrogen-bond donors (Lipinski definition) is 0.